The quantitative estimate of drug-likeness (QED) is 0.827. The average molecular weight is 263 g/mol. The molecule has 2 heterocycles. The third-order valence-corrected chi connectivity index (χ3v) is 2.82. The average Bonchev–Trinajstić information content (AvgIpc) is 2.52. The molecule has 0 bridgehead atoms. The van der Waals surface area contributed by atoms with Gasteiger partial charge in [-0.3, -0.25) is 4.98 Å². The van der Waals surface area contributed by atoms with E-state index in [1.54, 1.807) is 24.7 Å². The Morgan fingerprint density at radius 3 is 2.70 bits per heavy atom. The Balaban J connectivity index is 2.28. The highest BCUT2D eigenvalue weighted by molar-refractivity contribution is 5.56. The number of anilines is 1. The fourth-order valence-electron chi connectivity index (χ4n) is 1.92. The predicted molar refractivity (Wildman–Crippen MR) is 74.5 cm³/mol. The summed E-state index contributed by atoms with van der Waals surface area (Å²) in [6.45, 7) is 1.14. The molecule has 98 valence electrons. The largest absolute Gasteiger partial charge is 0.364 e. The van der Waals surface area contributed by atoms with Gasteiger partial charge >= 0.3 is 0 Å². The van der Waals surface area contributed by atoms with Crippen molar-refractivity contribution in [2.75, 3.05) is 11.4 Å². The zero-order valence-corrected chi connectivity index (χ0v) is 10.9. The molecule has 0 aliphatic rings. The summed E-state index contributed by atoms with van der Waals surface area (Å²) in [5.74, 6) is 0. The number of pyridine rings is 2. The van der Waals surface area contributed by atoms with Crippen molar-refractivity contribution < 1.29 is 0 Å². The van der Waals surface area contributed by atoms with Crippen LogP contribution in [0.3, 0.4) is 0 Å². The molecule has 0 unspecified atom stereocenters. The minimum Gasteiger partial charge on any atom is -0.364 e. The monoisotopic (exact) mass is 263 g/mol. The van der Waals surface area contributed by atoms with Gasteiger partial charge in [0, 0.05) is 31.7 Å². The number of aromatic nitrogens is 2. The second-order valence-electron chi connectivity index (χ2n) is 4.17. The van der Waals surface area contributed by atoms with Crippen LogP contribution in [0.25, 0.3) is 0 Å². The van der Waals surface area contributed by atoms with Gasteiger partial charge in [-0.2, -0.15) is 10.5 Å². The summed E-state index contributed by atoms with van der Waals surface area (Å²) in [4.78, 5) is 10.1. The Hall–Kier alpha value is -2.92. The van der Waals surface area contributed by atoms with Gasteiger partial charge in [-0.1, -0.05) is 6.07 Å². The van der Waals surface area contributed by atoms with E-state index >= 15 is 0 Å². The van der Waals surface area contributed by atoms with Crippen LogP contribution in [0.1, 0.15) is 17.7 Å². The molecule has 0 radical (unpaired) electrons. The first-order valence-electron chi connectivity index (χ1n) is 6.21. The second kappa shape index (κ2) is 6.86. The first kappa shape index (κ1) is 13.5. The summed E-state index contributed by atoms with van der Waals surface area (Å²) in [7, 11) is 0. The smallest absolute Gasteiger partial charge is 0.163 e. The van der Waals surface area contributed by atoms with Crippen molar-refractivity contribution >= 4 is 5.69 Å². The van der Waals surface area contributed by atoms with Crippen LogP contribution in [0.4, 0.5) is 5.69 Å². The van der Waals surface area contributed by atoms with E-state index in [1.165, 1.54) is 0 Å². The molecule has 2 aromatic heterocycles. The molecule has 5 heteroatoms. The van der Waals surface area contributed by atoms with Crippen LogP contribution in [0.5, 0.6) is 0 Å². The van der Waals surface area contributed by atoms with Crippen molar-refractivity contribution in [3.05, 3.63) is 54.1 Å². The molecule has 0 N–H and O–H groups in total. The molecule has 0 spiro atoms. The van der Waals surface area contributed by atoms with Crippen molar-refractivity contribution in [3.63, 3.8) is 0 Å². The van der Waals surface area contributed by atoms with Crippen molar-refractivity contribution in [2.45, 2.75) is 13.0 Å². The van der Waals surface area contributed by atoms with Crippen LogP contribution < -0.4 is 4.90 Å². The van der Waals surface area contributed by atoms with Crippen LogP contribution in [0.2, 0.25) is 0 Å². The molecule has 20 heavy (non-hydrogen) atoms. The third-order valence-electron chi connectivity index (χ3n) is 2.82. The lowest BCUT2D eigenvalue weighted by atomic mass is 10.2. The van der Waals surface area contributed by atoms with Crippen LogP contribution in [0.15, 0.2) is 42.9 Å². The fourth-order valence-corrected chi connectivity index (χ4v) is 1.92. The van der Waals surface area contributed by atoms with Crippen LogP contribution in [-0.4, -0.2) is 16.5 Å². The maximum Gasteiger partial charge on any atom is 0.163 e. The predicted octanol–water partition coefficient (Wildman–Crippen LogP) is 2.27. The van der Waals surface area contributed by atoms with Gasteiger partial charge in [0.05, 0.1) is 18.2 Å². The van der Waals surface area contributed by atoms with E-state index in [0.717, 1.165) is 11.3 Å². The van der Waals surface area contributed by atoms with Gasteiger partial charge in [0.15, 0.2) is 5.69 Å². The number of hydrogen-bond acceptors (Lipinski definition) is 5. The molecule has 0 aliphatic heterocycles. The van der Waals surface area contributed by atoms with E-state index in [9.17, 15) is 0 Å². The minimum absolute atomic E-state index is 0.370. The topological polar surface area (TPSA) is 76.6 Å². The molecular weight excluding hydrogens is 250 g/mol. The summed E-state index contributed by atoms with van der Waals surface area (Å²) in [6.07, 6.45) is 5.48. The first-order valence-corrected chi connectivity index (χ1v) is 6.21. The summed E-state index contributed by atoms with van der Waals surface area (Å²) >= 11 is 0. The Bertz CT molecular complexity index is 639. The molecule has 0 saturated carbocycles. The lowest BCUT2D eigenvalue weighted by molar-refractivity contribution is 0.791. The highest BCUT2D eigenvalue weighted by atomic mass is 15.1. The highest BCUT2D eigenvalue weighted by Crippen LogP contribution is 2.20. The summed E-state index contributed by atoms with van der Waals surface area (Å²) in [5.41, 5.74) is 2.14. The third kappa shape index (κ3) is 3.30. The lowest BCUT2D eigenvalue weighted by Gasteiger charge is -2.24. The van der Waals surface area contributed by atoms with Gasteiger partial charge in [0.1, 0.15) is 6.07 Å². The van der Waals surface area contributed by atoms with Gasteiger partial charge in [-0.15, -0.1) is 0 Å². The summed E-state index contributed by atoms with van der Waals surface area (Å²) in [6, 6.07) is 11.7. The highest BCUT2D eigenvalue weighted by Gasteiger charge is 2.12. The Kier molecular flexibility index (Phi) is 4.64. The Morgan fingerprint density at radius 2 is 2.00 bits per heavy atom. The van der Waals surface area contributed by atoms with Crippen LogP contribution >= 0.6 is 0 Å². The van der Waals surface area contributed by atoms with Crippen LogP contribution in [0, 0.1) is 22.7 Å². The molecule has 0 atom stereocenters. The molecule has 0 fully saturated rings. The molecule has 2 aromatic rings. The van der Waals surface area contributed by atoms with E-state index in [0.29, 0.717) is 25.2 Å². The maximum absolute atomic E-state index is 9.14. The number of hydrogen-bond donors (Lipinski definition) is 0. The molecule has 0 amide bonds. The first-order chi connectivity index (χ1) is 9.85. The minimum atomic E-state index is 0.370. The number of rotatable bonds is 5. The van der Waals surface area contributed by atoms with E-state index in [1.807, 2.05) is 23.1 Å². The van der Waals surface area contributed by atoms with E-state index in [-0.39, 0.29) is 0 Å². The van der Waals surface area contributed by atoms with Crippen molar-refractivity contribution in [2.24, 2.45) is 0 Å². The van der Waals surface area contributed by atoms with Gasteiger partial charge in [-0.05, 0) is 23.8 Å². The van der Waals surface area contributed by atoms with E-state index < -0.39 is 0 Å². The molecule has 5 nitrogen and oxygen atoms in total. The fraction of sp³-hybridized carbons (Fsp3) is 0.200. The molecule has 2 rings (SSSR count). The Labute approximate surface area is 117 Å². The zero-order chi connectivity index (χ0) is 14.2. The summed E-state index contributed by atoms with van der Waals surface area (Å²) < 4.78 is 0. The van der Waals surface area contributed by atoms with Crippen molar-refractivity contribution in [3.8, 4) is 12.1 Å². The van der Waals surface area contributed by atoms with E-state index in [2.05, 4.69) is 22.1 Å². The SMILES string of the molecule is N#CCCN(Cc1cccnc1)c1cccnc1C#N. The molecular formula is C15H13N5. The van der Waals surface area contributed by atoms with Gasteiger partial charge in [-0.25, -0.2) is 4.98 Å². The van der Waals surface area contributed by atoms with Crippen LogP contribution in [-0.2, 0) is 6.54 Å². The molecule has 0 saturated heterocycles. The van der Waals surface area contributed by atoms with Gasteiger partial charge < -0.3 is 4.90 Å². The van der Waals surface area contributed by atoms with Crippen molar-refractivity contribution in [1.82, 2.24) is 9.97 Å². The second-order valence-corrected chi connectivity index (χ2v) is 4.17. The molecule has 0 aliphatic carbocycles. The zero-order valence-electron chi connectivity index (χ0n) is 10.9. The molecule has 0 aromatic carbocycles. The van der Waals surface area contributed by atoms with E-state index in [4.69, 9.17) is 10.5 Å². The van der Waals surface area contributed by atoms with Gasteiger partial charge in [0.25, 0.3) is 0 Å². The Morgan fingerprint density at radius 1 is 1.15 bits per heavy atom. The number of nitrogens with zero attached hydrogens (tertiary/aromatic N) is 5. The van der Waals surface area contributed by atoms with Crippen molar-refractivity contribution in [1.29, 1.82) is 10.5 Å². The maximum atomic E-state index is 9.14. The normalized spacial score (nSPS) is 9.50. The van der Waals surface area contributed by atoms with Gasteiger partial charge in [0.2, 0.25) is 0 Å². The standard InChI is InChI=1S/C15H13N5/c16-6-3-9-20(12-13-4-1-7-18-11-13)15-5-2-8-19-14(15)10-17/h1-2,4-5,7-8,11H,3,9,12H2. The number of nitriles is 2. The summed E-state index contributed by atoms with van der Waals surface area (Å²) in [5, 5.41) is 17.9. The lowest BCUT2D eigenvalue weighted by Crippen LogP contribution is -2.25.